The van der Waals surface area contributed by atoms with Gasteiger partial charge in [-0.1, -0.05) is 24.3 Å². The minimum atomic E-state index is 0.765. The van der Waals surface area contributed by atoms with Gasteiger partial charge in [-0.05, 0) is 30.7 Å². The molecule has 3 aromatic rings. The SMILES string of the molecule is c1cnc2c(CCNCc3ccncn3)cccc2c1. The Balaban J connectivity index is 1.60. The fourth-order valence-electron chi connectivity index (χ4n) is 2.23. The summed E-state index contributed by atoms with van der Waals surface area (Å²) in [7, 11) is 0. The van der Waals surface area contributed by atoms with E-state index in [1.165, 1.54) is 10.9 Å². The number of fused-ring (bicyclic) bond motifs is 1. The van der Waals surface area contributed by atoms with E-state index in [9.17, 15) is 0 Å². The number of hydrogen-bond acceptors (Lipinski definition) is 4. The van der Waals surface area contributed by atoms with Crippen molar-refractivity contribution in [2.24, 2.45) is 0 Å². The molecule has 1 N–H and O–H groups in total. The zero-order valence-electron chi connectivity index (χ0n) is 11.2. The predicted molar refractivity (Wildman–Crippen MR) is 79.2 cm³/mol. The number of para-hydroxylation sites is 1. The lowest BCUT2D eigenvalue weighted by Crippen LogP contribution is -2.17. The predicted octanol–water partition coefficient (Wildman–Crippen LogP) is 2.36. The number of rotatable bonds is 5. The summed E-state index contributed by atoms with van der Waals surface area (Å²) in [5.74, 6) is 0. The van der Waals surface area contributed by atoms with E-state index in [0.29, 0.717) is 0 Å². The summed E-state index contributed by atoms with van der Waals surface area (Å²) in [6.07, 6.45) is 6.14. The van der Waals surface area contributed by atoms with Gasteiger partial charge in [-0.3, -0.25) is 4.98 Å². The number of aromatic nitrogens is 3. The summed E-state index contributed by atoms with van der Waals surface area (Å²) in [6, 6.07) is 12.3. The van der Waals surface area contributed by atoms with E-state index >= 15 is 0 Å². The second-order valence-corrected chi connectivity index (χ2v) is 4.62. The molecular formula is C16H16N4. The third-order valence-corrected chi connectivity index (χ3v) is 3.24. The number of nitrogens with one attached hydrogen (secondary N) is 1. The highest BCUT2D eigenvalue weighted by Crippen LogP contribution is 2.15. The minimum absolute atomic E-state index is 0.765. The van der Waals surface area contributed by atoms with E-state index < -0.39 is 0 Å². The van der Waals surface area contributed by atoms with Crippen LogP contribution in [-0.2, 0) is 13.0 Å². The summed E-state index contributed by atoms with van der Waals surface area (Å²) in [4.78, 5) is 12.6. The third kappa shape index (κ3) is 2.97. The molecule has 1 aromatic carbocycles. The van der Waals surface area contributed by atoms with Crippen molar-refractivity contribution in [3.05, 3.63) is 66.4 Å². The van der Waals surface area contributed by atoms with Crippen LogP contribution in [0.25, 0.3) is 10.9 Å². The highest BCUT2D eigenvalue weighted by molar-refractivity contribution is 5.81. The molecule has 2 aromatic heterocycles. The number of nitrogens with zero attached hydrogens (tertiary/aromatic N) is 3. The lowest BCUT2D eigenvalue weighted by molar-refractivity contribution is 0.674. The first-order chi connectivity index (χ1) is 9.93. The van der Waals surface area contributed by atoms with Gasteiger partial charge in [0.15, 0.2) is 0 Å². The Hall–Kier alpha value is -2.33. The Kier molecular flexibility index (Phi) is 3.94. The van der Waals surface area contributed by atoms with E-state index in [4.69, 9.17) is 0 Å². The van der Waals surface area contributed by atoms with Crippen molar-refractivity contribution in [2.75, 3.05) is 6.54 Å². The monoisotopic (exact) mass is 264 g/mol. The van der Waals surface area contributed by atoms with Gasteiger partial charge in [0.25, 0.3) is 0 Å². The summed E-state index contributed by atoms with van der Waals surface area (Å²) in [5, 5.41) is 4.59. The maximum absolute atomic E-state index is 4.47. The molecule has 0 unspecified atom stereocenters. The molecule has 0 amide bonds. The molecule has 0 bridgehead atoms. The van der Waals surface area contributed by atoms with Crippen LogP contribution in [0.4, 0.5) is 0 Å². The van der Waals surface area contributed by atoms with E-state index in [-0.39, 0.29) is 0 Å². The molecule has 0 radical (unpaired) electrons. The van der Waals surface area contributed by atoms with Gasteiger partial charge in [0.05, 0.1) is 11.2 Å². The fraction of sp³-hybridized carbons (Fsp3) is 0.188. The smallest absolute Gasteiger partial charge is 0.115 e. The second-order valence-electron chi connectivity index (χ2n) is 4.62. The third-order valence-electron chi connectivity index (χ3n) is 3.24. The lowest BCUT2D eigenvalue weighted by Gasteiger charge is -2.07. The molecular weight excluding hydrogens is 248 g/mol. The van der Waals surface area contributed by atoms with Gasteiger partial charge in [0.1, 0.15) is 6.33 Å². The van der Waals surface area contributed by atoms with Crippen molar-refractivity contribution in [2.45, 2.75) is 13.0 Å². The number of benzene rings is 1. The molecule has 3 rings (SSSR count). The molecule has 0 saturated carbocycles. The van der Waals surface area contributed by atoms with E-state index in [0.717, 1.165) is 30.7 Å². The van der Waals surface area contributed by atoms with Crippen molar-refractivity contribution in [3.63, 3.8) is 0 Å². The van der Waals surface area contributed by atoms with Crippen molar-refractivity contribution in [1.82, 2.24) is 20.3 Å². The van der Waals surface area contributed by atoms with Gasteiger partial charge in [0.2, 0.25) is 0 Å². The van der Waals surface area contributed by atoms with Crippen LogP contribution in [0.1, 0.15) is 11.3 Å². The van der Waals surface area contributed by atoms with Crippen LogP contribution >= 0.6 is 0 Å². The van der Waals surface area contributed by atoms with Gasteiger partial charge < -0.3 is 5.32 Å². The molecule has 0 saturated heterocycles. The first-order valence-corrected chi connectivity index (χ1v) is 6.72. The molecule has 0 aliphatic carbocycles. The highest BCUT2D eigenvalue weighted by atomic mass is 14.9. The van der Waals surface area contributed by atoms with Crippen LogP contribution in [0.5, 0.6) is 0 Å². The van der Waals surface area contributed by atoms with E-state index in [1.54, 1.807) is 12.5 Å². The molecule has 4 nitrogen and oxygen atoms in total. The summed E-state index contributed by atoms with van der Waals surface area (Å²) in [6.45, 7) is 1.67. The molecule has 0 aliphatic heterocycles. The van der Waals surface area contributed by atoms with E-state index in [1.807, 2.05) is 18.3 Å². The molecule has 100 valence electrons. The van der Waals surface area contributed by atoms with Crippen LogP contribution in [-0.4, -0.2) is 21.5 Å². The molecule has 0 atom stereocenters. The first kappa shape index (κ1) is 12.7. The number of hydrogen-bond donors (Lipinski definition) is 1. The Bertz CT molecular complexity index is 677. The zero-order chi connectivity index (χ0) is 13.6. The van der Waals surface area contributed by atoms with E-state index in [2.05, 4.69) is 44.5 Å². The summed E-state index contributed by atoms with van der Waals surface area (Å²) < 4.78 is 0. The largest absolute Gasteiger partial charge is 0.311 e. The van der Waals surface area contributed by atoms with Gasteiger partial charge in [-0.25, -0.2) is 9.97 Å². The van der Waals surface area contributed by atoms with Crippen LogP contribution in [0.2, 0.25) is 0 Å². The van der Waals surface area contributed by atoms with Gasteiger partial charge in [-0.15, -0.1) is 0 Å². The molecule has 4 heteroatoms. The number of pyridine rings is 1. The van der Waals surface area contributed by atoms with Gasteiger partial charge in [-0.2, -0.15) is 0 Å². The highest BCUT2D eigenvalue weighted by Gasteiger charge is 2.01. The Labute approximate surface area is 117 Å². The summed E-state index contributed by atoms with van der Waals surface area (Å²) in [5.41, 5.74) is 3.38. The normalized spacial score (nSPS) is 10.8. The average molecular weight is 264 g/mol. The van der Waals surface area contributed by atoms with Crippen molar-refractivity contribution in [3.8, 4) is 0 Å². The van der Waals surface area contributed by atoms with Crippen LogP contribution in [0.3, 0.4) is 0 Å². The molecule has 0 spiro atoms. The Morgan fingerprint density at radius 3 is 2.80 bits per heavy atom. The maximum atomic E-state index is 4.47. The second kappa shape index (κ2) is 6.21. The quantitative estimate of drug-likeness (QED) is 0.719. The molecule has 0 aliphatic rings. The topological polar surface area (TPSA) is 50.7 Å². The molecule has 0 fully saturated rings. The zero-order valence-corrected chi connectivity index (χ0v) is 11.2. The van der Waals surface area contributed by atoms with Crippen LogP contribution in [0, 0.1) is 0 Å². The van der Waals surface area contributed by atoms with Crippen molar-refractivity contribution in [1.29, 1.82) is 0 Å². The van der Waals surface area contributed by atoms with Gasteiger partial charge >= 0.3 is 0 Å². The average Bonchev–Trinajstić information content (AvgIpc) is 2.53. The maximum Gasteiger partial charge on any atom is 0.115 e. The van der Waals surface area contributed by atoms with Gasteiger partial charge in [0, 0.05) is 24.3 Å². The lowest BCUT2D eigenvalue weighted by atomic mass is 10.1. The fourth-order valence-corrected chi connectivity index (χ4v) is 2.23. The Morgan fingerprint density at radius 2 is 1.90 bits per heavy atom. The molecule has 2 heterocycles. The van der Waals surface area contributed by atoms with Crippen LogP contribution < -0.4 is 5.32 Å². The Morgan fingerprint density at radius 1 is 0.950 bits per heavy atom. The molecule has 20 heavy (non-hydrogen) atoms. The minimum Gasteiger partial charge on any atom is -0.311 e. The first-order valence-electron chi connectivity index (χ1n) is 6.72. The standard InChI is InChI=1S/C16H16N4/c1-3-13-5-2-8-19-16(13)14(4-1)6-9-17-11-15-7-10-18-12-20-15/h1-5,7-8,10,12,17H,6,9,11H2. The van der Waals surface area contributed by atoms with Crippen molar-refractivity contribution >= 4 is 10.9 Å². The summed E-state index contributed by atoms with van der Waals surface area (Å²) >= 11 is 0. The van der Waals surface area contributed by atoms with Crippen LogP contribution in [0.15, 0.2) is 55.1 Å². The van der Waals surface area contributed by atoms with Crippen molar-refractivity contribution < 1.29 is 0 Å².